The van der Waals surface area contributed by atoms with Gasteiger partial charge in [-0.3, -0.25) is 0 Å². The van der Waals surface area contributed by atoms with Crippen molar-refractivity contribution in [2.24, 2.45) is 5.92 Å². The summed E-state index contributed by atoms with van der Waals surface area (Å²) >= 11 is 12.1. The molecule has 0 bridgehead atoms. The molecule has 0 unspecified atom stereocenters. The Morgan fingerprint density at radius 3 is 2.08 bits per heavy atom. The van der Waals surface area contributed by atoms with Crippen LogP contribution in [0.3, 0.4) is 0 Å². The van der Waals surface area contributed by atoms with Crippen molar-refractivity contribution in [1.82, 2.24) is 0 Å². The normalized spacial score (nSPS) is 31.6. The lowest BCUT2D eigenvalue weighted by molar-refractivity contribution is 0.911. The summed E-state index contributed by atoms with van der Waals surface area (Å²) < 4.78 is -0.526. The Bertz CT molecular complexity index is 279. The third kappa shape index (κ3) is 1.14. The van der Waals surface area contributed by atoms with Crippen LogP contribution in [0.1, 0.15) is 18.4 Å². The smallest absolute Gasteiger partial charge is 0.101 e. The van der Waals surface area contributed by atoms with E-state index in [9.17, 15) is 0 Å². The van der Waals surface area contributed by atoms with E-state index < -0.39 is 4.33 Å². The molecule has 0 aliphatic heterocycles. The average molecular weight is 201 g/mol. The second-order valence-electron chi connectivity index (χ2n) is 3.35. The van der Waals surface area contributed by atoms with E-state index in [4.69, 9.17) is 23.2 Å². The van der Waals surface area contributed by atoms with E-state index in [0.29, 0.717) is 11.8 Å². The molecule has 12 heavy (non-hydrogen) atoms. The first-order valence-electron chi connectivity index (χ1n) is 4.07. The Kier molecular flexibility index (Phi) is 1.85. The third-order valence-electron chi connectivity index (χ3n) is 2.57. The lowest BCUT2D eigenvalue weighted by atomic mass is 10.1. The molecule has 0 amide bonds. The van der Waals surface area contributed by atoms with E-state index in [2.05, 4.69) is 19.1 Å². The van der Waals surface area contributed by atoms with Gasteiger partial charge in [0.1, 0.15) is 4.33 Å². The number of rotatable bonds is 1. The molecule has 1 aromatic rings. The van der Waals surface area contributed by atoms with Gasteiger partial charge >= 0.3 is 0 Å². The number of benzene rings is 1. The van der Waals surface area contributed by atoms with Crippen molar-refractivity contribution in [3.63, 3.8) is 0 Å². The monoisotopic (exact) mass is 200 g/mol. The molecule has 1 fully saturated rings. The highest BCUT2D eigenvalue weighted by Gasteiger charge is 2.60. The summed E-state index contributed by atoms with van der Waals surface area (Å²) in [4.78, 5) is 0. The first-order valence-corrected chi connectivity index (χ1v) is 4.82. The van der Waals surface area contributed by atoms with E-state index >= 15 is 0 Å². The molecule has 0 heterocycles. The van der Waals surface area contributed by atoms with Gasteiger partial charge in [0.05, 0.1) is 0 Å². The second kappa shape index (κ2) is 2.65. The van der Waals surface area contributed by atoms with Gasteiger partial charge in [-0.1, -0.05) is 37.3 Å². The highest BCUT2D eigenvalue weighted by molar-refractivity contribution is 6.51. The van der Waals surface area contributed by atoms with Crippen molar-refractivity contribution < 1.29 is 0 Å². The maximum atomic E-state index is 6.06. The van der Waals surface area contributed by atoms with Crippen LogP contribution in [0.4, 0.5) is 0 Å². The predicted octanol–water partition coefficient (Wildman–Crippen LogP) is 3.59. The van der Waals surface area contributed by atoms with Crippen LogP contribution in [0.5, 0.6) is 0 Å². The highest BCUT2D eigenvalue weighted by Crippen LogP contribution is 2.64. The van der Waals surface area contributed by atoms with Crippen LogP contribution in [-0.4, -0.2) is 4.33 Å². The minimum absolute atomic E-state index is 0.321. The summed E-state index contributed by atoms with van der Waals surface area (Å²) in [5.41, 5.74) is 1.25. The van der Waals surface area contributed by atoms with Crippen LogP contribution >= 0.6 is 23.2 Å². The van der Waals surface area contributed by atoms with Crippen LogP contribution in [0, 0.1) is 5.92 Å². The molecule has 2 rings (SSSR count). The zero-order valence-electron chi connectivity index (χ0n) is 6.80. The van der Waals surface area contributed by atoms with Crippen molar-refractivity contribution in [3.05, 3.63) is 35.9 Å². The fourth-order valence-corrected chi connectivity index (χ4v) is 2.41. The Balaban J connectivity index is 2.25. The summed E-state index contributed by atoms with van der Waals surface area (Å²) in [5, 5.41) is 0. The number of hydrogen-bond acceptors (Lipinski definition) is 0. The van der Waals surface area contributed by atoms with Crippen LogP contribution < -0.4 is 0 Å². The Hall–Kier alpha value is -0.200. The quantitative estimate of drug-likeness (QED) is 0.609. The van der Waals surface area contributed by atoms with E-state index in [0.717, 1.165) is 0 Å². The molecule has 0 nitrogen and oxygen atoms in total. The molecule has 1 aliphatic rings. The SMILES string of the molecule is C[C@H]1[C@H](c2ccccc2)C1(Cl)Cl. The molecule has 0 saturated heterocycles. The summed E-state index contributed by atoms with van der Waals surface area (Å²) in [7, 11) is 0. The van der Waals surface area contributed by atoms with Crippen LogP contribution in [0.2, 0.25) is 0 Å². The molecule has 1 saturated carbocycles. The molecular weight excluding hydrogens is 191 g/mol. The molecule has 2 atom stereocenters. The van der Waals surface area contributed by atoms with Crippen molar-refractivity contribution >= 4 is 23.2 Å². The molecule has 64 valence electrons. The number of alkyl halides is 2. The molecule has 0 spiro atoms. The molecular formula is C10H10Cl2. The van der Waals surface area contributed by atoms with Crippen LogP contribution in [0.15, 0.2) is 30.3 Å². The maximum Gasteiger partial charge on any atom is 0.128 e. The Morgan fingerprint density at radius 2 is 1.67 bits per heavy atom. The average Bonchev–Trinajstić information content (AvgIpc) is 2.53. The lowest BCUT2D eigenvalue weighted by Crippen LogP contribution is -1.88. The highest BCUT2D eigenvalue weighted by atomic mass is 35.5. The van der Waals surface area contributed by atoms with Gasteiger partial charge in [-0.25, -0.2) is 0 Å². The van der Waals surface area contributed by atoms with Crippen molar-refractivity contribution in [1.29, 1.82) is 0 Å². The van der Waals surface area contributed by atoms with E-state index in [1.807, 2.05) is 18.2 Å². The standard InChI is InChI=1S/C10H10Cl2/c1-7-9(10(7,11)12)8-5-3-2-4-6-8/h2-7,9H,1H3/t7-,9+/m0/s1. The Morgan fingerprint density at radius 1 is 1.17 bits per heavy atom. The first kappa shape index (κ1) is 8.40. The summed E-state index contributed by atoms with van der Waals surface area (Å²) in [5.74, 6) is 0.699. The van der Waals surface area contributed by atoms with Gasteiger partial charge in [0.2, 0.25) is 0 Å². The molecule has 1 aliphatic carbocycles. The predicted molar refractivity (Wildman–Crippen MR) is 52.8 cm³/mol. The van der Waals surface area contributed by atoms with Gasteiger partial charge in [0.25, 0.3) is 0 Å². The third-order valence-corrected chi connectivity index (χ3v) is 3.73. The summed E-state index contributed by atoms with van der Waals surface area (Å²) in [6.45, 7) is 2.08. The largest absolute Gasteiger partial charge is 0.128 e. The maximum absolute atomic E-state index is 6.06. The minimum atomic E-state index is -0.526. The fraction of sp³-hybridized carbons (Fsp3) is 0.400. The van der Waals surface area contributed by atoms with Crippen LogP contribution in [-0.2, 0) is 0 Å². The second-order valence-corrected chi connectivity index (χ2v) is 4.80. The number of hydrogen-bond donors (Lipinski definition) is 0. The zero-order valence-corrected chi connectivity index (χ0v) is 8.31. The van der Waals surface area contributed by atoms with Gasteiger partial charge in [0.15, 0.2) is 0 Å². The molecule has 1 aromatic carbocycles. The van der Waals surface area contributed by atoms with Gasteiger partial charge in [-0.15, -0.1) is 23.2 Å². The van der Waals surface area contributed by atoms with Gasteiger partial charge < -0.3 is 0 Å². The topological polar surface area (TPSA) is 0 Å². The summed E-state index contributed by atoms with van der Waals surface area (Å²) in [6, 6.07) is 10.2. The lowest BCUT2D eigenvalue weighted by Gasteiger charge is -1.98. The molecule has 0 aromatic heterocycles. The van der Waals surface area contributed by atoms with E-state index in [-0.39, 0.29) is 0 Å². The molecule has 0 radical (unpaired) electrons. The molecule has 2 heteroatoms. The number of halogens is 2. The van der Waals surface area contributed by atoms with Crippen molar-refractivity contribution in [2.75, 3.05) is 0 Å². The van der Waals surface area contributed by atoms with Gasteiger partial charge in [-0.2, -0.15) is 0 Å². The van der Waals surface area contributed by atoms with Gasteiger partial charge in [0, 0.05) is 5.92 Å². The molecule has 0 N–H and O–H groups in total. The van der Waals surface area contributed by atoms with Crippen molar-refractivity contribution in [2.45, 2.75) is 17.2 Å². The van der Waals surface area contributed by atoms with E-state index in [1.54, 1.807) is 0 Å². The van der Waals surface area contributed by atoms with Crippen LogP contribution in [0.25, 0.3) is 0 Å². The van der Waals surface area contributed by atoms with Crippen molar-refractivity contribution in [3.8, 4) is 0 Å². The first-order chi connectivity index (χ1) is 5.64. The minimum Gasteiger partial charge on any atom is -0.101 e. The summed E-state index contributed by atoms with van der Waals surface area (Å²) in [6.07, 6.45) is 0. The zero-order chi connectivity index (χ0) is 8.77. The van der Waals surface area contributed by atoms with E-state index in [1.165, 1.54) is 5.56 Å². The Labute approximate surface area is 82.5 Å². The fourth-order valence-electron chi connectivity index (χ4n) is 1.65. The van der Waals surface area contributed by atoms with Gasteiger partial charge in [-0.05, 0) is 11.5 Å².